The zero-order chi connectivity index (χ0) is 21.5. The lowest BCUT2D eigenvalue weighted by molar-refractivity contribution is -0.130. The molecule has 0 aliphatic carbocycles. The summed E-state index contributed by atoms with van der Waals surface area (Å²) in [6, 6.07) is 6.83. The number of hydrogen-bond acceptors (Lipinski definition) is 4. The maximum Gasteiger partial charge on any atom is 0.219 e. The number of likely N-dealkylation sites (tertiary alicyclic amines) is 1. The number of nitrogens with one attached hydrogen (secondary N) is 1. The molecule has 30 heavy (non-hydrogen) atoms. The van der Waals surface area contributed by atoms with Crippen molar-refractivity contribution in [2.75, 3.05) is 57.8 Å². The van der Waals surface area contributed by atoms with Crippen LogP contribution in [0.4, 0.5) is 5.69 Å². The molecule has 0 bridgehead atoms. The van der Waals surface area contributed by atoms with E-state index in [4.69, 9.17) is 17.0 Å². The predicted octanol–water partition coefficient (Wildman–Crippen LogP) is 3.04. The van der Waals surface area contributed by atoms with Gasteiger partial charge in [0.2, 0.25) is 5.91 Å². The van der Waals surface area contributed by atoms with Crippen molar-refractivity contribution < 1.29 is 9.53 Å². The molecule has 1 N–H and O–H groups in total. The number of anilines is 1. The maximum atomic E-state index is 11.7. The van der Waals surface area contributed by atoms with Crippen molar-refractivity contribution in [2.24, 2.45) is 0 Å². The molecule has 2 aliphatic heterocycles. The minimum absolute atomic E-state index is 0.170. The molecule has 2 heterocycles. The van der Waals surface area contributed by atoms with Crippen molar-refractivity contribution in [3.05, 3.63) is 29.3 Å². The second-order valence-electron chi connectivity index (χ2n) is 8.54. The van der Waals surface area contributed by atoms with Crippen molar-refractivity contribution >= 4 is 28.9 Å². The topological polar surface area (TPSA) is 48.1 Å². The molecular weight excluding hydrogens is 396 g/mol. The average molecular weight is 433 g/mol. The van der Waals surface area contributed by atoms with E-state index in [9.17, 15) is 4.79 Å². The van der Waals surface area contributed by atoms with E-state index in [0.29, 0.717) is 6.04 Å². The lowest BCUT2D eigenvalue weighted by Crippen LogP contribution is -2.50. The number of amides is 1. The number of thiocarbonyl (C=S) groups is 1. The zero-order valence-corrected chi connectivity index (χ0v) is 19.5. The summed E-state index contributed by atoms with van der Waals surface area (Å²) in [5.74, 6) is 0.170. The summed E-state index contributed by atoms with van der Waals surface area (Å²) in [6.45, 7) is 13.2. The van der Waals surface area contributed by atoms with E-state index in [1.165, 1.54) is 11.1 Å². The van der Waals surface area contributed by atoms with Crippen LogP contribution in [0, 0.1) is 13.8 Å². The first kappa shape index (κ1) is 23.0. The highest BCUT2D eigenvalue weighted by molar-refractivity contribution is 7.80. The minimum atomic E-state index is 0.170. The molecule has 1 amide bonds. The summed E-state index contributed by atoms with van der Waals surface area (Å²) < 4.78 is 5.46. The van der Waals surface area contributed by atoms with Crippen LogP contribution in [0.3, 0.4) is 0 Å². The number of benzene rings is 1. The molecule has 0 radical (unpaired) electrons. The normalized spacial score (nSPS) is 18.3. The average Bonchev–Trinajstić information content (AvgIpc) is 2.71. The molecule has 3 rings (SSSR count). The van der Waals surface area contributed by atoms with E-state index in [0.717, 1.165) is 82.5 Å². The standard InChI is InChI=1S/C23H36N4O2S/c1-18-15-19(2)17-21(16-18)24-23(30)27(8-4-7-25-11-13-29-14-12-25)22-5-9-26(10-6-22)20(3)28/h15-17,22H,4-14H2,1-3H3,(H,24,30). The van der Waals surface area contributed by atoms with Crippen LogP contribution in [0.25, 0.3) is 0 Å². The number of nitrogens with zero attached hydrogens (tertiary/aromatic N) is 3. The Morgan fingerprint density at radius 3 is 2.37 bits per heavy atom. The third kappa shape index (κ3) is 6.65. The van der Waals surface area contributed by atoms with Gasteiger partial charge in [0.05, 0.1) is 13.2 Å². The number of carbonyl (C=O) groups excluding carboxylic acids is 1. The SMILES string of the molecule is CC(=O)N1CCC(N(CCCN2CCOCC2)C(=S)Nc2cc(C)cc(C)c2)CC1. The number of ether oxygens (including phenoxy) is 1. The molecule has 6 nitrogen and oxygen atoms in total. The second kappa shape index (κ2) is 11.1. The van der Waals surface area contributed by atoms with E-state index >= 15 is 0 Å². The van der Waals surface area contributed by atoms with E-state index in [1.54, 1.807) is 6.92 Å². The quantitative estimate of drug-likeness (QED) is 0.698. The van der Waals surface area contributed by atoms with Crippen LogP contribution in [0.5, 0.6) is 0 Å². The van der Waals surface area contributed by atoms with Gasteiger partial charge in [-0.3, -0.25) is 9.69 Å². The molecule has 0 atom stereocenters. The van der Waals surface area contributed by atoms with Gasteiger partial charge >= 0.3 is 0 Å². The van der Waals surface area contributed by atoms with Crippen LogP contribution in [0.1, 0.15) is 37.3 Å². The zero-order valence-electron chi connectivity index (χ0n) is 18.7. The molecule has 2 aliphatic rings. The van der Waals surface area contributed by atoms with Gasteiger partial charge in [-0.05, 0) is 68.6 Å². The Bertz CT molecular complexity index is 708. The Labute approximate surface area is 186 Å². The van der Waals surface area contributed by atoms with Gasteiger partial charge < -0.3 is 19.9 Å². The summed E-state index contributed by atoms with van der Waals surface area (Å²) in [7, 11) is 0. The number of piperidine rings is 1. The summed E-state index contributed by atoms with van der Waals surface area (Å²) in [6.07, 6.45) is 3.00. The fourth-order valence-electron chi connectivity index (χ4n) is 4.47. The number of rotatable bonds is 6. The Hall–Kier alpha value is -1.70. The van der Waals surface area contributed by atoms with E-state index in [2.05, 4.69) is 47.2 Å². The van der Waals surface area contributed by atoms with Crippen molar-refractivity contribution in [3.8, 4) is 0 Å². The van der Waals surface area contributed by atoms with Crippen LogP contribution in [-0.4, -0.2) is 84.2 Å². The molecule has 166 valence electrons. The van der Waals surface area contributed by atoms with Gasteiger partial charge in [0.1, 0.15) is 0 Å². The van der Waals surface area contributed by atoms with Crippen molar-refractivity contribution in [2.45, 2.75) is 46.1 Å². The molecular formula is C23H36N4O2S. The predicted molar refractivity (Wildman–Crippen MR) is 126 cm³/mol. The molecule has 0 saturated carbocycles. The maximum absolute atomic E-state index is 11.7. The Morgan fingerprint density at radius 2 is 1.77 bits per heavy atom. The lowest BCUT2D eigenvalue weighted by Gasteiger charge is -2.40. The minimum Gasteiger partial charge on any atom is -0.379 e. The lowest BCUT2D eigenvalue weighted by atomic mass is 10.0. The number of carbonyl (C=O) groups is 1. The van der Waals surface area contributed by atoms with Gasteiger partial charge in [-0.2, -0.15) is 0 Å². The van der Waals surface area contributed by atoms with Crippen molar-refractivity contribution in [1.82, 2.24) is 14.7 Å². The Morgan fingerprint density at radius 1 is 1.13 bits per heavy atom. The molecule has 0 aromatic heterocycles. The van der Waals surface area contributed by atoms with E-state index in [1.807, 2.05) is 4.90 Å². The summed E-state index contributed by atoms with van der Waals surface area (Å²) in [5, 5.41) is 4.28. The first-order chi connectivity index (χ1) is 14.4. The highest BCUT2D eigenvalue weighted by atomic mass is 32.1. The number of aryl methyl sites for hydroxylation is 2. The van der Waals surface area contributed by atoms with Crippen molar-refractivity contribution in [3.63, 3.8) is 0 Å². The molecule has 2 saturated heterocycles. The molecule has 0 spiro atoms. The van der Waals surface area contributed by atoms with Crippen LogP contribution < -0.4 is 5.32 Å². The number of morpholine rings is 1. The second-order valence-corrected chi connectivity index (χ2v) is 8.93. The first-order valence-electron chi connectivity index (χ1n) is 11.1. The van der Waals surface area contributed by atoms with Crippen LogP contribution >= 0.6 is 12.2 Å². The highest BCUT2D eigenvalue weighted by Crippen LogP contribution is 2.20. The summed E-state index contributed by atoms with van der Waals surface area (Å²) in [5.41, 5.74) is 3.51. The van der Waals surface area contributed by atoms with Gasteiger partial charge in [-0.1, -0.05) is 6.07 Å². The Balaban J connectivity index is 1.63. The number of hydrogen-bond donors (Lipinski definition) is 1. The first-order valence-corrected chi connectivity index (χ1v) is 11.5. The molecule has 7 heteroatoms. The van der Waals surface area contributed by atoms with Crippen LogP contribution in [0.2, 0.25) is 0 Å². The monoisotopic (exact) mass is 432 g/mol. The molecule has 2 fully saturated rings. The highest BCUT2D eigenvalue weighted by Gasteiger charge is 2.27. The Kier molecular flexibility index (Phi) is 8.48. The van der Waals surface area contributed by atoms with E-state index < -0.39 is 0 Å². The van der Waals surface area contributed by atoms with Crippen LogP contribution in [0.15, 0.2) is 18.2 Å². The third-order valence-electron chi connectivity index (χ3n) is 6.06. The molecule has 0 unspecified atom stereocenters. The van der Waals surface area contributed by atoms with Crippen molar-refractivity contribution in [1.29, 1.82) is 0 Å². The largest absolute Gasteiger partial charge is 0.379 e. The van der Waals surface area contributed by atoms with Gasteiger partial charge in [0.15, 0.2) is 5.11 Å². The van der Waals surface area contributed by atoms with E-state index in [-0.39, 0.29) is 5.91 Å². The van der Waals surface area contributed by atoms with Gasteiger partial charge in [-0.25, -0.2) is 0 Å². The summed E-state index contributed by atoms with van der Waals surface area (Å²) >= 11 is 5.88. The molecule has 1 aromatic carbocycles. The van der Waals surface area contributed by atoms with Gasteiger partial charge in [-0.15, -0.1) is 0 Å². The summed E-state index contributed by atoms with van der Waals surface area (Å²) in [4.78, 5) is 18.5. The van der Waals surface area contributed by atoms with Gasteiger partial charge in [0.25, 0.3) is 0 Å². The molecule has 1 aromatic rings. The fraction of sp³-hybridized carbons (Fsp3) is 0.652. The third-order valence-corrected chi connectivity index (χ3v) is 6.40. The van der Waals surface area contributed by atoms with Gasteiger partial charge in [0, 0.05) is 57.9 Å². The fourth-order valence-corrected chi connectivity index (χ4v) is 4.83. The smallest absolute Gasteiger partial charge is 0.219 e. The van der Waals surface area contributed by atoms with Crippen LogP contribution in [-0.2, 0) is 9.53 Å².